The van der Waals surface area contributed by atoms with Gasteiger partial charge in [0.1, 0.15) is 5.60 Å². The van der Waals surface area contributed by atoms with Crippen molar-refractivity contribution < 1.29 is 9.53 Å². The van der Waals surface area contributed by atoms with E-state index in [0.29, 0.717) is 5.92 Å². The van der Waals surface area contributed by atoms with Crippen molar-refractivity contribution in [1.82, 2.24) is 4.90 Å². The van der Waals surface area contributed by atoms with E-state index in [1.165, 1.54) is 6.42 Å². The maximum absolute atomic E-state index is 11.8. The summed E-state index contributed by atoms with van der Waals surface area (Å²) in [5, 5.41) is 0. The highest BCUT2D eigenvalue weighted by molar-refractivity contribution is 5.68. The van der Waals surface area contributed by atoms with Crippen LogP contribution in [0.5, 0.6) is 0 Å². The molecule has 3 nitrogen and oxygen atoms in total. The zero-order valence-electron chi connectivity index (χ0n) is 10.4. The largest absolute Gasteiger partial charge is 0.443 e. The van der Waals surface area contributed by atoms with Crippen LogP contribution in [-0.4, -0.2) is 29.7 Å². The predicted octanol–water partition coefficient (Wildman–Crippen LogP) is 3.04. The minimum Gasteiger partial charge on any atom is -0.443 e. The molecule has 1 aliphatic heterocycles. The Morgan fingerprint density at radius 2 is 2.20 bits per heavy atom. The average Bonchev–Trinajstić information content (AvgIpc) is 2.17. The van der Waals surface area contributed by atoms with Crippen molar-refractivity contribution in [1.29, 1.82) is 0 Å². The van der Waals surface area contributed by atoms with Crippen molar-refractivity contribution >= 4 is 6.09 Å². The van der Waals surface area contributed by atoms with E-state index in [1.807, 2.05) is 25.7 Å². The molecule has 0 bridgehead atoms. The van der Waals surface area contributed by atoms with Gasteiger partial charge >= 0.3 is 6.09 Å². The highest BCUT2D eigenvalue weighted by Gasteiger charge is 2.27. The van der Waals surface area contributed by atoms with Crippen LogP contribution in [0.1, 0.15) is 47.0 Å². The Kier molecular flexibility index (Phi) is 4.00. The number of piperidine rings is 1. The molecule has 0 spiro atoms. The lowest BCUT2D eigenvalue weighted by Crippen LogP contribution is -2.42. The van der Waals surface area contributed by atoms with E-state index >= 15 is 0 Å². The second-order valence-electron chi connectivity index (χ2n) is 5.17. The highest BCUT2D eigenvalue weighted by atomic mass is 16.6. The lowest BCUT2D eigenvalue weighted by molar-refractivity contribution is 0.00492. The van der Waals surface area contributed by atoms with Gasteiger partial charge in [-0.1, -0.05) is 13.8 Å². The summed E-state index contributed by atoms with van der Waals surface area (Å²) >= 11 is 0. The van der Waals surface area contributed by atoms with Crippen molar-refractivity contribution in [2.75, 3.05) is 13.1 Å². The average molecular weight is 213 g/mol. The summed E-state index contributed by atoms with van der Waals surface area (Å²) in [4.78, 5) is 13.7. The molecule has 0 aromatic carbocycles. The fourth-order valence-corrected chi connectivity index (χ4v) is 1.73. The molecule has 0 aliphatic carbocycles. The molecule has 1 rings (SSSR count). The third kappa shape index (κ3) is 3.73. The number of hydrogen-bond donors (Lipinski definition) is 0. The van der Waals surface area contributed by atoms with E-state index in [0.717, 1.165) is 25.9 Å². The van der Waals surface area contributed by atoms with Crippen LogP contribution in [-0.2, 0) is 4.74 Å². The van der Waals surface area contributed by atoms with Crippen LogP contribution in [0.15, 0.2) is 0 Å². The van der Waals surface area contributed by atoms with Crippen molar-refractivity contribution in [3.05, 3.63) is 0 Å². The molecule has 88 valence electrons. The Bertz CT molecular complexity index is 226. The topological polar surface area (TPSA) is 29.5 Å². The lowest BCUT2D eigenvalue weighted by atomic mass is 10.0. The monoisotopic (exact) mass is 213 g/mol. The van der Waals surface area contributed by atoms with Gasteiger partial charge in [0.2, 0.25) is 0 Å². The molecule has 0 aromatic rings. The number of nitrogens with zero attached hydrogens (tertiary/aromatic N) is 1. The molecule has 3 heteroatoms. The third-order valence-corrected chi connectivity index (χ3v) is 3.13. The van der Waals surface area contributed by atoms with Crippen LogP contribution in [0.3, 0.4) is 0 Å². The lowest BCUT2D eigenvalue weighted by Gasteiger charge is -2.33. The highest BCUT2D eigenvalue weighted by Crippen LogP contribution is 2.20. The van der Waals surface area contributed by atoms with Gasteiger partial charge in [-0.15, -0.1) is 0 Å². The summed E-state index contributed by atoms with van der Waals surface area (Å²) < 4.78 is 5.46. The standard InChI is InChI=1S/C12H23NO2/c1-5-12(3,4)15-11(14)13-8-6-7-10(2)9-13/h10H,5-9H2,1-4H3. The van der Waals surface area contributed by atoms with E-state index in [-0.39, 0.29) is 11.7 Å². The van der Waals surface area contributed by atoms with Crippen molar-refractivity contribution in [2.45, 2.75) is 52.6 Å². The number of carbonyl (C=O) groups excluding carboxylic acids is 1. The van der Waals surface area contributed by atoms with Crippen LogP contribution in [0, 0.1) is 5.92 Å². The molecule has 15 heavy (non-hydrogen) atoms. The normalized spacial score (nSPS) is 22.7. The quantitative estimate of drug-likeness (QED) is 0.705. The van der Waals surface area contributed by atoms with Gasteiger partial charge in [-0.3, -0.25) is 0 Å². The van der Waals surface area contributed by atoms with Crippen molar-refractivity contribution in [3.8, 4) is 0 Å². The number of hydrogen-bond acceptors (Lipinski definition) is 2. The molecule has 1 aliphatic rings. The SMILES string of the molecule is CCC(C)(C)OC(=O)N1CCCC(C)C1. The number of amides is 1. The van der Waals surface area contributed by atoms with Crippen LogP contribution in [0.2, 0.25) is 0 Å². The first-order valence-corrected chi connectivity index (χ1v) is 5.92. The Hall–Kier alpha value is -0.730. The first-order chi connectivity index (χ1) is 6.94. The van der Waals surface area contributed by atoms with Crippen LogP contribution >= 0.6 is 0 Å². The third-order valence-electron chi connectivity index (χ3n) is 3.13. The minimum absolute atomic E-state index is 0.145. The zero-order chi connectivity index (χ0) is 11.5. The molecule has 0 saturated carbocycles. The van der Waals surface area contributed by atoms with Crippen LogP contribution < -0.4 is 0 Å². The molecule has 1 fully saturated rings. The first kappa shape index (κ1) is 12.3. The van der Waals surface area contributed by atoms with Gasteiger partial charge in [0, 0.05) is 13.1 Å². The fourth-order valence-electron chi connectivity index (χ4n) is 1.73. The van der Waals surface area contributed by atoms with Gasteiger partial charge in [0.05, 0.1) is 0 Å². The number of rotatable bonds is 2. The second-order valence-corrected chi connectivity index (χ2v) is 5.17. The van der Waals surface area contributed by atoms with Crippen LogP contribution in [0.4, 0.5) is 4.79 Å². The molecule has 1 amide bonds. The van der Waals surface area contributed by atoms with Gasteiger partial charge < -0.3 is 9.64 Å². The van der Waals surface area contributed by atoms with E-state index < -0.39 is 0 Å². The van der Waals surface area contributed by atoms with Gasteiger partial charge in [-0.2, -0.15) is 0 Å². The van der Waals surface area contributed by atoms with Crippen molar-refractivity contribution in [2.24, 2.45) is 5.92 Å². The van der Waals surface area contributed by atoms with E-state index in [2.05, 4.69) is 6.92 Å². The first-order valence-electron chi connectivity index (χ1n) is 5.92. The predicted molar refractivity (Wildman–Crippen MR) is 60.8 cm³/mol. The molecular weight excluding hydrogens is 190 g/mol. The molecule has 0 aromatic heterocycles. The maximum Gasteiger partial charge on any atom is 0.410 e. The molecule has 0 radical (unpaired) electrons. The Morgan fingerprint density at radius 1 is 1.53 bits per heavy atom. The molecule has 1 atom stereocenters. The number of likely N-dealkylation sites (tertiary alicyclic amines) is 1. The molecule has 1 heterocycles. The smallest absolute Gasteiger partial charge is 0.410 e. The minimum atomic E-state index is -0.336. The van der Waals surface area contributed by atoms with Gasteiger partial charge in [-0.25, -0.2) is 4.79 Å². The van der Waals surface area contributed by atoms with Gasteiger partial charge in [0.25, 0.3) is 0 Å². The van der Waals surface area contributed by atoms with E-state index in [9.17, 15) is 4.79 Å². The van der Waals surface area contributed by atoms with E-state index in [1.54, 1.807) is 0 Å². The zero-order valence-corrected chi connectivity index (χ0v) is 10.4. The molecule has 1 unspecified atom stereocenters. The molecule has 1 saturated heterocycles. The summed E-state index contributed by atoms with van der Waals surface area (Å²) in [6.45, 7) is 9.83. The number of ether oxygens (including phenoxy) is 1. The van der Waals surface area contributed by atoms with E-state index in [4.69, 9.17) is 4.74 Å². The fraction of sp³-hybridized carbons (Fsp3) is 0.917. The van der Waals surface area contributed by atoms with Gasteiger partial charge in [0.15, 0.2) is 0 Å². The Labute approximate surface area is 92.8 Å². The Morgan fingerprint density at radius 3 is 2.73 bits per heavy atom. The van der Waals surface area contributed by atoms with Crippen molar-refractivity contribution in [3.63, 3.8) is 0 Å². The maximum atomic E-state index is 11.8. The summed E-state index contributed by atoms with van der Waals surface area (Å²) in [6.07, 6.45) is 3.03. The number of carbonyl (C=O) groups is 1. The second kappa shape index (κ2) is 4.86. The summed E-state index contributed by atoms with van der Waals surface area (Å²) in [6, 6.07) is 0. The summed E-state index contributed by atoms with van der Waals surface area (Å²) in [5.74, 6) is 0.607. The summed E-state index contributed by atoms with van der Waals surface area (Å²) in [5.41, 5.74) is -0.336. The van der Waals surface area contributed by atoms with Gasteiger partial charge in [-0.05, 0) is 39.0 Å². The molecule has 0 N–H and O–H groups in total. The Balaban J connectivity index is 2.46. The molecular formula is C12H23NO2. The summed E-state index contributed by atoms with van der Waals surface area (Å²) in [7, 11) is 0. The van der Waals surface area contributed by atoms with Crippen LogP contribution in [0.25, 0.3) is 0 Å².